The van der Waals surface area contributed by atoms with Crippen LogP contribution >= 0.6 is 11.8 Å². The van der Waals surface area contributed by atoms with Crippen molar-refractivity contribution in [2.24, 2.45) is 0 Å². The number of fused-ring (bicyclic) bond motifs is 1. The fourth-order valence-electron chi connectivity index (χ4n) is 2.29. The highest BCUT2D eigenvalue weighted by Crippen LogP contribution is 2.24. The molecule has 4 nitrogen and oxygen atoms in total. The first-order chi connectivity index (χ1) is 9.65. The third-order valence-electron chi connectivity index (χ3n) is 3.30. The lowest BCUT2D eigenvalue weighted by atomic mass is 10.1. The lowest BCUT2D eigenvalue weighted by Crippen LogP contribution is -2.44. The number of carbonyl (C=O) groups is 2. The molecule has 1 aromatic carbocycles. The Morgan fingerprint density at radius 1 is 1.30 bits per heavy atom. The Morgan fingerprint density at radius 3 is 2.80 bits per heavy atom. The first-order valence-corrected chi connectivity index (χ1v) is 8.09. The minimum atomic E-state index is -0.478. The summed E-state index contributed by atoms with van der Waals surface area (Å²) in [6.07, 6.45) is 0.930. The number of nitrogens with one attached hydrogen (secondary N) is 1. The van der Waals surface area contributed by atoms with Crippen LogP contribution in [0.5, 0.6) is 0 Å². The molecule has 1 unspecified atom stereocenters. The third kappa shape index (κ3) is 3.15. The summed E-state index contributed by atoms with van der Waals surface area (Å²) in [6, 6.07) is 6.82. The summed E-state index contributed by atoms with van der Waals surface area (Å²) in [5.74, 6) is 1.90. The quantitative estimate of drug-likeness (QED) is 0.847. The van der Waals surface area contributed by atoms with Gasteiger partial charge in [0.05, 0.1) is 11.3 Å². The number of nitrogens with zero attached hydrogens (tertiary/aromatic N) is 1. The largest absolute Gasteiger partial charge is 0.340 e. The summed E-state index contributed by atoms with van der Waals surface area (Å²) < 4.78 is 0. The number of para-hydroxylation sites is 1. The summed E-state index contributed by atoms with van der Waals surface area (Å²) in [4.78, 5) is 26.3. The minimum Gasteiger partial charge on any atom is -0.340 e. The van der Waals surface area contributed by atoms with Crippen LogP contribution in [0.4, 0.5) is 5.69 Å². The van der Waals surface area contributed by atoms with Crippen LogP contribution in [0.1, 0.15) is 30.6 Å². The molecule has 0 saturated heterocycles. The molecule has 1 N–H and O–H groups in total. The topological polar surface area (TPSA) is 49.4 Å². The second-order valence-electron chi connectivity index (χ2n) is 4.75. The molecule has 20 heavy (non-hydrogen) atoms. The number of hydrogen-bond donors (Lipinski definition) is 1. The third-order valence-corrected chi connectivity index (χ3v) is 4.28. The Labute approximate surface area is 123 Å². The van der Waals surface area contributed by atoms with Gasteiger partial charge in [-0.15, -0.1) is 0 Å². The number of amides is 2. The first kappa shape index (κ1) is 14.9. The number of anilines is 1. The standard InChI is InChI=1S/C15H20N2O2S/c1-3-20-10-6-9-17-13-8-5-4-7-12(13)14(18)16-11(2)15(17)19/h4-5,7-8,11H,3,6,9-10H2,1-2H3,(H,16,18). The van der Waals surface area contributed by atoms with Crippen LogP contribution in [0.15, 0.2) is 24.3 Å². The van der Waals surface area contributed by atoms with E-state index in [4.69, 9.17) is 0 Å². The summed E-state index contributed by atoms with van der Waals surface area (Å²) in [7, 11) is 0. The number of hydrogen-bond acceptors (Lipinski definition) is 3. The van der Waals surface area contributed by atoms with Crippen LogP contribution in [-0.2, 0) is 4.79 Å². The van der Waals surface area contributed by atoms with Crippen molar-refractivity contribution in [2.75, 3.05) is 23.0 Å². The molecule has 2 rings (SSSR count). The lowest BCUT2D eigenvalue weighted by Gasteiger charge is -2.23. The predicted octanol–water partition coefficient (Wildman–Crippen LogP) is 2.29. The Balaban J connectivity index is 2.24. The summed E-state index contributed by atoms with van der Waals surface area (Å²) in [5.41, 5.74) is 1.30. The maximum absolute atomic E-state index is 12.4. The summed E-state index contributed by atoms with van der Waals surface area (Å²) in [5, 5.41) is 2.74. The predicted molar refractivity (Wildman–Crippen MR) is 83.3 cm³/mol. The average Bonchev–Trinajstić information content (AvgIpc) is 2.54. The van der Waals surface area contributed by atoms with E-state index in [1.807, 2.05) is 30.0 Å². The fourth-order valence-corrected chi connectivity index (χ4v) is 2.91. The van der Waals surface area contributed by atoms with E-state index in [-0.39, 0.29) is 11.8 Å². The molecule has 2 amide bonds. The van der Waals surface area contributed by atoms with Crippen LogP contribution in [0, 0.1) is 0 Å². The molecule has 0 bridgehead atoms. The molecule has 0 saturated carbocycles. The Hall–Kier alpha value is -1.49. The molecule has 0 radical (unpaired) electrons. The molecule has 1 aliphatic rings. The van der Waals surface area contributed by atoms with Gasteiger partial charge in [0.25, 0.3) is 5.91 Å². The lowest BCUT2D eigenvalue weighted by molar-refractivity contribution is -0.119. The van der Waals surface area contributed by atoms with Crippen molar-refractivity contribution in [2.45, 2.75) is 26.3 Å². The maximum Gasteiger partial charge on any atom is 0.254 e. The van der Waals surface area contributed by atoms with Gasteiger partial charge in [0.2, 0.25) is 5.91 Å². The van der Waals surface area contributed by atoms with E-state index >= 15 is 0 Å². The van der Waals surface area contributed by atoms with Gasteiger partial charge < -0.3 is 10.2 Å². The number of benzene rings is 1. The van der Waals surface area contributed by atoms with E-state index in [0.717, 1.165) is 23.6 Å². The SMILES string of the molecule is CCSCCCN1C(=O)C(C)NC(=O)c2ccccc21. The highest BCUT2D eigenvalue weighted by Gasteiger charge is 2.30. The van der Waals surface area contributed by atoms with Crippen molar-refractivity contribution in [3.63, 3.8) is 0 Å². The smallest absolute Gasteiger partial charge is 0.254 e. The molecule has 1 heterocycles. The van der Waals surface area contributed by atoms with Crippen LogP contribution in [0.3, 0.4) is 0 Å². The Kier molecular flexibility index (Phi) is 5.06. The van der Waals surface area contributed by atoms with Gasteiger partial charge in [-0.05, 0) is 37.0 Å². The van der Waals surface area contributed by atoms with Crippen molar-refractivity contribution >= 4 is 29.3 Å². The van der Waals surface area contributed by atoms with E-state index < -0.39 is 6.04 Å². The molecule has 1 atom stereocenters. The Morgan fingerprint density at radius 2 is 2.05 bits per heavy atom. The normalized spacial score (nSPS) is 18.5. The van der Waals surface area contributed by atoms with Crippen molar-refractivity contribution < 1.29 is 9.59 Å². The molecule has 0 spiro atoms. The minimum absolute atomic E-state index is 0.0372. The van der Waals surface area contributed by atoms with Crippen molar-refractivity contribution in [3.8, 4) is 0 Å². The van der Waals surface area contributed by atoms with Crippen LogP contribution in [0.25, 0.3) is 0 Å². The van der Waals surface area contributed by atoms with Gasteiger partial charge in [0, 0.05) is 6.54 Å². The van der Waals surface area contributed by atoms with Crippen LogP contribution in [-0.4, -0.2) is 35.9 Å². The monoisotopic (exact) mass is 292 g/mol. The van der Waals surface area contributed by atoms with Gasteiger partial charge in [-0.25, -0.2) is 0 Å². The first-order valence-electron chi connectivity index (χ1n) is 6.94. The second kappa shape index (κ2) is 6.79. The molecule has 1 aliphatic heterocycles. The molecule has 0 fully saturated rings. The highest BCUT2D eigenvalue weighted by molar-refractivity contribution is 7.99. The van der Waals surface area contributed by atoms with Crippen molar-refractivity contribution in [1.82, 2.24) is 5.32 Å². The van der Waals surface area contributed by atoms with E-state index in [1.165, 1.54) is 0 Å². The molecule has 108 valence electrons. The zero-order valence-electron chi connectivity index (χ0n) is 11.9. The number of carbonyl (C=O) groups excluding carboxylic acids is 2. The van der Waals surface area contributed by atoms with E-state index in [9.17, 15) is 9.59 Å². The maximum atomic E-state index is 12.4. The average molecular weight is 292 g/mol. The van der Waals surface area contributed by atoms with E-state index in [0.29, 0.717) is 12.1 Å². The van der Waals surface area contributed by atoms with Gasteiger partial charge in [-0.3, -0.25) is 9.59 Å². The molecule has 0 aliphatic carbocycles. The molecule has 5 heteroatoms. The molecular weight excluding hydrogens is 272 g/mol. The van der Waals surface area contributed by atoms with Gasteiger partial charge in [-0.2, -0.15) is 11.8 Å². The fraction of sp³-hybridized carbons (Fsp3) is 0.467. The Bertz CT molecular complexity index is 504. The number of thioether (sulfide) groups is 1. The number of rotatable bonds is 5. The summed E-state index contributed by atoms with van der Waals surface area (Å²) in [6.45, 7) is 4.52. The summed E-state index contributed by atoms with van der Waals surface area (Å²) >= 11 is 1.87. The van der Waals surface area contributed by atoms with Gasteiger partial charge in [-0.1, -0.05) is 19.1 Å². The molecule has 1 aromatic rings. The second-order valence-corrected chi connectivity index (χ2v) is 6.15. The molecular formula is C15H20N2O2S. The van der Waals surface area contributed by atoms with Gasteiger partial charge >= 0.3 is 0 Å². The van der Waals surface area contributed by atoms with Gasteiger partial charge in [0.15, 0.2) is 0 Å². The van der Waals surface area contributed by atoms with E-state index in [2.05, 4.69) is 12.2 Å². The van der Waals surface area contributed by atoms with Gasteiger partial charge in [0.1, 0.15) is 6.04 Å². The van der Waals surface area contributed by atoms with Crippen molar-refractivity contribution in [1.29, 1.82) is 0 Å². The zero-order chi connectivity index (χ0) is 14.5. The van der Waals surface area contributed by atoms with Crippen LogP contribution in [0.2, 0.25) is 0 Å². The molecule has 0 aromatic heterocycles. The van der Waals surface area contributed by atoms with E-state index in [1.54, 1.807) is 17.9 Å². The zero-order valence-corrected chi connectivity index (χ0v) is 12.7. The van der Waals surface area contributed by atoms with Crippen molar-refractivity contribution in [3.05, 3.63) is 29.8 Å². The van der Waals surface area contributed by atoms with Crippen LogP contribution < -0.4 is 10.2 Å². The highest BCUT2D eigenvalue weighted by atomic mass is 32.2.